The minimum absolute atomic E-state index is 0.0170. The normalized spacial score (nSPS) is 12.3. The molecule has 0 spiro atoms. The molecule has 0 saturated heterocycles. The van der Waals surface area contributed by atoms with Crippen LogP contribution in [0.4, 0.5) is 60.0 Å². The summed E-state index contributed by atoms with van der Waals surface area (Å²) in [6.45, 7) is 4.66. The van der Waals surface area contributed by atoms with E-state index < -0.39 is 0 Å². The Bertz CT molecular complexity index is 7500. The van der Waals surface area contributed by atoms with Crippen LogP contribution in [0.25, 0.3) is 121 Å². The van der Waals surface area contributed by atoms with Gasteiger partial charge < -0.3 is 28.9 Å². The topological polar surface area (TPSA) is 37.4 Å². The highest BCUT2D eigenvalue weighted by atomic mass is 19.1. The second-order valence-electron chi connectivity index (χ2n) is 32.5. The number of rotatable bonds is 13. The molecule has 0 radical (unpaired) electrons. The predicted molar refractivity (Wildman–Crippen MR) is 512 cm³/mol. The van der Waals surface area contributed by atoms with Crippen LogP contribution in [0, 0.1) is 11.6 Å². The number of benzene rings is 20. The minimum atomic E-state index is -0.257. The fraction of sp³-hybridized carbons (Fsp3) is 0.0256. The van der Waals surface area contributed by atoms with Gasteiger partial charge in [-0.1, -0.05) is 269 Å². The van der Waals surface area contributed by atoms with Crippen LogP contribution in [-0.2, 0) is 5.41 Å². The van der Waals surface area contributed by atoms with E-state index in [1.54, 1.807) is 12.1 Å². The Kier molecular flexibility index (Phi) is 18.9. The third kappa shape index (κ3) is 13.9. The summed E-state index contributed by atoms with van der Waals surface area (Å²) in [6, 6.07) is 152. The molecule has 0 fully saturated rings. The van der Waals surface area contributed by atoms with Gasteiger partial charge >= 0.3 is 0 Å². The van der Waals surface area contributed by atoms with E-state index in [4.69, 9.17) is 14.2 Å². The molecule has 0 unspecified atom stereocenters. The number of nitrogens with zero attached hydrogens (tertiary/aromatic N) is 3. The van der Waals surface area contributed by atoms with Crippen molar-refractivity contribution >= 4 is 83.5 Å². The van der Waals surface area contributed by atoms with Gasteiger partial charge in [-0.3, -0.25) is 0 Å². The maximum absolute atomic E-state index is 13.9. The van der Waals surface area contributed by atoms with Crippen molar-refractivity contribution in [2.75, 3.05) is 14.7 Å². The van der Waals surface area contributed by atoms with E-state index in [0.29, 0.717) is 0 Å². The first kappa shape index (κ1) is 75.1. The molecule has 3 aliphatic heterocycles. The Morgan fingerprint density at radius 3 is 0.816 bits per heavy atom. The molecule has 6 nitrogen and oxygen atoms in total. The standard InChI is InChI=1S/C43H31NO.C40H26FNO.C34H22FNO/c1-43(2)38-16-7-6-14-34(38)37-27-33(23-25-39(37)43)44(31-12-4-3-5-13-31)32-21-18-28(19-22-32)30-20-24-35-36-15-8-10-29-11-9-17-40(42(29)36)45-41(35)26-30;41-32-17-23-35(24-18-32)42(33-19-12-28(13-20-33)27-6-2-1-3-7-27)34-21-14-29(15-22-34)31-16-25-36-37-10-4-8-30-9-5-11-38(40(30)37)43-39(36)26-31;35-26-15-19-29(20-16-26)36(27-8-2-1-3-9-27)28-17-12-23(13-18-28)25-14-21-30-31-10-4-6-24-7-5-11-32(34(24)31)37-33(30)22-25/h3-27H,1-2H3;1-26H;1-22H. The summed E-state index contributed by atoms with van der Waals surface area (Å²) in [6.07, 6.45) is 0. The Labute approximate surface area is 724 Å². The lowest BCUT2D eigenvalue weighted by Crippen LogP contribution is -2.15. The van der Waals surface area contributed by atoms with Gasteiger partial charge in [-0.25, -0.2) is 8.78 Å². The molecule has 1 aliphatic carbocycles. The Hall–Kier alpha value is -16.2. The highest BCUT2D eigenvalue weighted by Gasteiger charge is 2.36. The Balaban J connectivity index is 0.000000112. The molecule has 0 N–H and O–H groups in total. The van der Waals surface area contributed by atoms with Gasteiger partial charge in [0.1, 0.15) is 46.1 Å². The number of anilines is 9. The van der Waals surface area contributed by atoms with Crippen molar-refractivity contribution < 1.29 is 23.0 Å². The van der Waals surface area contributed by atoms with Crippen molar-refractivity contribution in [3.63, 3.8) is 0 Å². The van der Waals surface area contributed by atoms with Gasteiger partial charge in [-0.15, -0.1) is 0 Å². The van der Waals surface area contributed by atoms with Crippen molar-refractivity contribution in [1.82, 2.24) is 0 Å². The summed E-state index contributed by atoms with van der Waals surface area (Å²) in [4.78, 5) is 6.62. The zero-order valence-electron chi connectivity index (χ0n) is 68.5. The molecule has 0 saturated carbocycles. The summed E-state index contributed by atoms with van der Waals surface area (Å²) < 4.78 is 46.7. The Morgan fingerprint density at radius 2 is 0.448 bits per heavy atom. The molecule has 4 aliphatic rings. The van der Waals surface area contributed by atoms with E-state index in [0.717, 1.165) is 152 Å². The fourth-order valence-corrected chi connectivity index (χ4v) is 18.6. The first-order valence-electron chi connectivity index (χ1n) is 42.3. The molecule has 20 aromatic carbocycles. The first-order valence-corrected chi connectivity index (χ1v) is 42.3. The average Bonchev–Trinajstić information content (AvgIpc) is 1.60. The Morgan fingerprint density at radius 1 is 0.184 bits per heavy atom. The predicted octanol–water partition coefficient (Wildman–Crippen LogP) is 33.5. The number of fused-ring (bicyclic) bond motifs is 9. The third-order valence-corrected chi connectivity index (χ3v) is 24.7. The molecule has 594 valence electrons. The van der Waals surface area contributed by atoms with E-state index in [2.05, 4.69) is 362 Å². The van der Waals surface area contributed by atoms with Gasteiger partial charge in [0.25, 0.3) is 0 Å². The lowest BCUT2D eigenvalue weighted by molar-refractivity contribution is 0.487. The van der Waals surface area contributed by atoms with Crippen molar-refractivity contribution in [3.05, 3.63) is 466 Å². The highest BCUT2D eigenvalue weighted by Crippen LogP contribution is 2.55. The number of hydrogen-bond acceptors (Lipinski definition) is 6. The van der Waals surface area contributed by atoms with E-state index in [1.165, 1.54) is 90.3 Å². The van der Waals surface area contributed by atoms with Gasteiger partial charge in [0, 0.05) is 89.5 Å². The smallest absolute Gasteiger partial charge is 0.135 e. The second-order valence-corrected chi connectivity index (χ2v) is 32.5. The van der Waals surface area contributed by atoms with Crippen LogP contribution in [-0.4, -0.2) is 0 Å². The highest BCUT2D eigenvalue weighted by molar-refractivity contribution is 6.07. The van der Waals surface area contributed by atoms with Crippen LogP contribution in [0.1, 0.15) is 25.0 Å². The molecule has 0 amide bonds. The van der Waals surface area contributed by atoms with Crippen LogP contribution < -0.4 is 28.9 Å². The van der Waals surface area contributed by atoms with Crippen molar-refractivity contribution in [2.24, 2.45) is 0 Å². The van der Waals surface area contributed by atoms with Crippen LogP contribution in [0.15, 0.2) is 443 Å². The largest absolute Gasteiger partial charge is 0.456 e. The molecule has 20 aromatic rings. The molecule has 8 heteroatoms. The van der Waals surface area contributed by atoms with E-state index in [-0.39, 0.29) is 17.0 Å². The maximum atomic E-state index is 13.9. The lowest BCUT2D eigenvalue weighted by Gasteiger charge is -2.27. The number of ether oxygens (including phenoxy) is 3. The van der Waals surface area contributed by atoms with Crippen LogP contribution in [0.5, 0.6) is 34.5 Å². The molecule has 24 rings (SSSR count). The molecule has 3 heterocycles. The number of hydrogen-bond donors (Lipinski definition) is 0. The SMILES string of the molecule is CC1(C)c2ccccc2-c2cc(N(c3ccccc3)c3ccc(-c4ccc5c(c4)Oc4cccc6cccc-5c46)cc3)ccc21.Fc1ccc(N(c2ccc(-c3ccccc3)cc2)c2ccc(-c3ccc4c(c3)Oc3cccc5cccc-4c35)cc2)cc1.Fc1ccc(N(c2ccccc2)c2ccc(-c3ccc4c(c3)Oc3cccc5cccc-4c35)cc2)cc1. The summed E-state index contributed by atoms with van der Waals surface area (Å²) in [5.41, 5.74) is 30.5. The fourth-order valence-electron chi connectivity index (χ4n) is 18.6. The third-order valence-electron chi connectivity index (χ3n) is 24.7. The molecular weight excluding hydrogens is 1530 g/mol. The minimum Gasteiger partial charge on any atom is -0.456 e. The molecule has 0 atom stereocenters. The average molecular weight is 1610 g/mol. The van der Waals surface area contributed by atoms with Gasteiger partial charge in [-0.05, 0) is 288 Å². The molecule has 0 aromatic heterocycles. The van der Waals surface area contributed by atoms with E-state index in [9.17, 15) is 8.78 Å². The summed E-state index contributed by atoms with van der Waals surface area (Å²) in [7, 11) is 0. The zero-order valence-corrected chi connectivity index (χ0v) is 68.5. The van der Waals surface area contributed by atoms with Crippen molar-refractivity contribution in [3.8, 4) is 124 Å². The van der Waals surface area contributed by atoms with Crippen molar-refractivity contribution in [2.45, 2.75) is 19.3 Å². The summed E-state index contributed by atoms with van der Waals surface area (Å²) >= 11 is 0. The number of para-hydroxylation sites is 2. The first-order chi connectivity index (χ1) is 61.5. The quantitative estimate of drug-likeness (QED) is 0.115. The maximum Gasteiger partial charge on any atom is 0.135 e. The van der Waals surface area contributed by atoms with E-state index in [1.807, 2.05) is 72.8 Å². The van der Waals surface area contributed by atoms with Gasteiger partial charge in [0.2, 0.25) is 0 Å². The monoisotopic (exact) mass is 1610 g/mol. The summed E-state index contributed by atoms with van der Waals surface area (Å²) in [5, 5.41) is 7.08. The number of halogens is 2. The molecule has 0 bridgehead atoms. The van der Waals surface area contributed by atoms with E-state index >= 15 is 0 Å². The van der Waals surface area contributed by atoms with Crippen LogP contribution in [0.2, 0.25) is 0 Å². The second kappa shape index (κ2) is 31.4. The van der Waals surface area contributed by atoms with Gasteiger partial charge in [-0.2, -0.15) is 0 Å². The molecule has 125 heavy (non-hydrogen) atoms. The lowest BCUT2D eigenvalue weighted by atomic mass is 9.82. The van der Waals surface area contributed by atoms with Crippen LogP contribution >= 0.6 is 0 Å². The van der Waals surface area contributed by atoms with Gasteiger partial charge in [0.15, 0.2) is 0 Å². The molecular formula is C117H79F2N3O3. The summed E-state index contributed by atoms with van der Waals surface area (Å²) in [5.74, 6) is 4.82. The van der Waals surface area contributed by atoms with Crippen molar-refractivity contribution in [1.29, 1.82) is 0 Å². The van der Waals surface area contributed by atoms with Gasteiger partial charge in [0.05, 0.1) is 0 Å². The zero-order chi connectivity index (χ0) is 83.6. The van der Waals surface area contributed by atoms with Crippen LogP contribution in [0.3, 0.4) is 0 Å².